The highest BCUT2D eigenvalue weighted by molar-refractivity contribution is 7.91. The molecule has 1 aliphatic rings. The number of hydrogen-bond donors (Lipinski definition) is 2. The molecule has 8 nitrogen and oxygen atoms in total. The molecular weight excluding hydrogens is 586 g/mol. The third-order valence-corrected chi connectivity index (χ3v) is 9.32. The van der Waals surface area contributed by atoms with Crippen molar-refractivity contribution in [3.05, 3.63) is 48.2 Å². The van der Waals surface area contributed by atoms with Gasteiger partial charge in [-0.1, -0.05) is 12.0 Å². The third-order valence-electron chi connectivity index (χ3n) is 6.50. The van der Waals surface area contributed by atoms with E-state index in [9.17, 15) is 34.4 Å². The fourth-order valence-electron chi connectivity index (χ4n) is 4.54. The summed E-state index contributed by atoms with van der Waals surface area (Å²) in [7, 11) is -6.60. The molecule has 0 amide bonds. The Morgan fingerprint density at radius 2 is 1.83 bits per heavy atom. The molecular formula is C27H29F4N3O5S2. The minimum atomic E-state index is -4.51. The summed E-state index contributed by atoms with van der Waals surface area (Å²) in [5.74, 6) is 5.78. The highest BCUT2D eigenvalue weighted by Crippen LogP contribution is 2.32. The Morgan fingerprint density at radius 1 is 1.10 bits per heavy atom. The van der Waals surface area contributed by atoms with Crippen LogP contribution in [0.5, 0.6) is 5.75 Å². The molecule has 14 heteroatoms. The van der Waals surface area contributed by atoms with Gasteiger partial charge in [-0.25, -0.2) is 21.2 Å². The van der Waals surface area contributed by atoms with E-state index in [1.54, 1.807) is 24.3 Å². The second kappa shape index (κ2) is 12.2. The van der Waals surface area contributed by atoms with Crippen molar-refractivity contribution in [3.8, 4) is 17.6 Å². The first-order valence-corrected chi connectivity index (χ1v) is 16.4. The third kappa shape index (κ3) is 8.07. The van der Waals surface area contributed by atoms with Gasteiger partial charge in [0.2, 0.25) is 0 Å². The monoisotopic (exact) mass is 615 g/mol. The normalized spacial score (nSPS) is 15.7. The van der Waals surface area contributed by atoms with Crippen LogP contribution in [0.2, 0.25) is 0 Å². The molecule has 222 valence electrons. The number of nitrogens with zero attached hydrogens (tertiary/aromatic N) is 1. The van der Waals surface area contributed by atoms with E-state index in [4.69, 9.17) is 4.74 Å². The van der Waals surface area contributed by atoms with Crippen molar-refractivity contribution in [3.63, 3.8) is 0 Å². The average molecular weight is 616 g/mol. The molecule has 0 atom stereocenters. The summed E-state index contributed by atoms with van der Waals surface area (Å²) in [5.41, 5.74) is 1.39. The highest BCUT2D eigenvalue weighted by atomic mass is 32.2. The van der Waals surface area contributed by atoms with Crippen LogP contribution in [0, 0.1) is 11.8 Å². The van der Waals surface area contributed by atoms with Crippen molar-refractivity contribution in [1.82, 2.24) is 4.57 Å². The van der Waals surface area contributed by atoms with Gasteiger partial charge in [-0.3, -0.25) is 0 Å². The summed E-state index contributed by atoms with van der Waals surface area (Å²) >= 11 is 0. The number of aromatic nitrogens is 1. The summed E-state index contributed by atoms with van der Waals surface area (Å²) in [5, 5.41) is 6.75. The zero-order chi connectivity index (χ0) is 29.8. The zero-order valence-electron chi connectivity index (χ0n) is 22.1. The Balaban J connectivity index is 1.60. The van der Waals surface area contributed by atoms with Crippen molar-refractivity contribution < 1.29 is 39.1 Å². The fourth-order valence-corrected chi connectivity index (χ4v) is 6.67. The van der Waals surface area contributed by atoms with Crippen molar-refractivity contribution in [2.45, 2.75) is 36.5 Å². The summed E-state index contributed by atoms with van der Waals surface area (Å²) in [6.45, 7) is -2.37. The van der Waals surface area contributed by atoms with E-state index in [1.165, 1.54) is 18.2 Å². The van der Waals surface area contributed by atoms with Gasteiger partial charge in [0.05, 0.1) is 39.8 Å². The molecule has 0 radical (unpaired) electrons. The van der Waals surface area contributed by atoms with E-state index >= 15 is 0 Å². The lowest BCUT2D eigenvalue weighted by molar-refractivity contribution is -0.140. The maximum Gasteiger partial charge on any atom is 0.406 e. The van der Waals surface area contributed by atoms with Crippen LogP contribution in [0.15, 0.2) is 47.4 Å². The molecule has 1 saturated heterocycles. The molecule has 0 unspecified atom stereocenters. The molecule has 1 aliphatic heterocycles. The van der Waals surface area contributed by atoms with E-state index in [1.807, 2.05) is 0 Å². The first kappa shape index (κ1) is 30.5. The number of ether oxygens (including phenoxy) is 1. The number of fused-ring (bicyclic) bond motifs is 1. The van der Waals surface area contributed by atoms with Crippen molar-refractivity contribution >= 4 is 42.0 Å². The standard InChI is InChI=1S/C27H29F4N3O5S2/c1-40(35,36)21-7-8-24(26(17-21)39-13-11-28)32-12-3-4-20-16-22-23(33-19-9-14-41(37,38)15-10-19)5-2-6-25(22)34(20)18-27(29,30)31/h2,5-8,16-17,19,32-33H,9-15,18H2,1H3. The molecule has 2 heterocycles. The Morgan fingerprint density at radius 3 is 2.49 bits per heavy atom. The number of halogens is 4. The van der Waals surface area contributed by atoms with Gasteiger partial charge in [0, 0.05) is 29.4 Å². The predicted molar refractivity (Wildman–Crippen MR) is 150 cm³/mol. The van der Waals surface area contributed by atoms with Gasteiger partial charge in [-0.05, 0) is 49.1 Å². The lowest BCUT2D eigenvalue weighted by Crippen LogP contribution is -2.32. The zero-order valence-corrected chi connectivity index (χ0v) is 23.7. The molecule has 1 fully saturated rings. The lowest BCUT2D eigenvalue weighted by atomic mass is 10.1. The van der Waals surface area contributed by atoms with E-state index in [0.29, 0.717) is 35.1 Å². The largest absolute Gasteiger partial charge is 0.489 e. The number of alkyl halides is 4. The van der Waals surface area contributed by atoms with Crippen LogP contribution in [0.25, 0.3) is 10.9 Å². The summed E-state index contributed by atoms with van der Waals surface area (Å²) in [4.78, 5) is -0.0149. The van der Waals surface area contributed by atoms with E-state index in [-0.39, 0.29) is 47.0 Å². The fraction of sp³-hybridized carbons (Fsp3) is 0.407. The molecule has 2 aromatic carbocycles. The molecule has 2 N–H and O–H groups in total. The maximum atomic E-state index is 13.5. The van der Waals surface area contributed by atoms with Gasteiger partial charge >= 0.3 is 6.18 Å². The van der Waals surface area contributed by atoms with Gasteiger partial charge < -0.3 is 19.9 Å². The summed E-state index contributed by atoms with van der Waals surface area (Å²) in [6.07, 6.45) is -2.67. The molecule has 3 aromatic rings. The Hall–Kier alpha value is -3.44. The molecule has 0 aliphatic carbocycles. The van der Waals surface area contributed by atoms with E-state index < -0.39 is 39.1 Å². The van der Waals surface area contributed by atoms with Gasteiger partial charge in [-0.2, -0.15) is 13.2 Å². The van der Waals surface area contributed by atoms with Crippen LogP contribution in [0.4, 0.5) is 28.9 Å². The smallest absolute Gasteiger partial charge is 0.406 e. The topological polar surface area (TPSA) is 107 Å². The Kier molecular flexibility index (Phi) is 9.08. The van der Waals surface area contributed by atoms with Crippen LogP contribution in [0.3, 0.4) is 0 Å². The van der Waals surface area contributed by atoms with Crippen LogP contribution < -0.4 is 15.4 Å². The molecule has 0 saturated carbocycles. The second-order valence-corrected chi connectivity index (χ2v) is 14.0. The van der Waals surface area contributed by atoms with Crippen molar-refractivity contribution in [1.29, 1.82) is 0 Å². The summed E-state index contributed by atoms with van der Waals surface area (Å²) < 4.78 is 107. The summed E-state index contributed by atoms with van der Waals surface area (Å²) in [6, 6.07) is 10.4. The van der Waals surface area contributed by atoms with Crippen LogP contribution in [-0.4, -0.2) is 71.2 Å². The van der Waals surface area contributed by atoms with Crippen LogP contribution >= 0.6 is 0 Å². The predicted octanol–water partition coefficient (Wildman–Crippen LogP) is 4.41. The Labute approximate surface area is 235 Å². The minimum absolute atomic E-state index is 0.0149. The molecule has 41 heavy (non-hydrogen) atoms. The van der Waals surface area contributed by atoms with E-state index in [0.717, 1.165) is 10.8 Å². The van der Waals surface area contributed by atoms with Crippen molar-refractivity contribution in [2.75, 3.05) is 48.2 Å². The molecule has 0 bridgehead atoms. The Bertz CT molecular complexity index is 1680. The number of rotatable bonds is 9. The maximum absolute atomic E-state index is 13.5. The average Bonchev–Trinajstić information content (AvgIpc) is 3.23. The number of sulfone groups is 2. The molecule has 1 aromatic heterocycles. The second-order valence-electron chi connectivity index (χ2n) is 9.66. The van der Waals surface area contributed by atoms with Crippen LogP contribution in [0.1, 0.15) is 18.5 Å². The first-order valence-electron chi connectivity index (χ1n) is 12.7. The SMILES string of the molecule is CS(=O)(=O)c1ccc(NCC#Cc2cc3c(NC4CCS(=O)(=O)CC4)cccc3n2CC(F)(F)F)c(OCCF)c1. The van der Waals surface area contributed by atoms with Crippen LogP contribution in [-0.2, 0) is 26.2 Å². The van der Waals surface area contributed by atoms with E-state index in [2.05, 4.69) is 22.5 Å². The molecule has 4 rings (SSSR count). The molecule has 0 spiro atoms. The number of nitrogens with one attached hydrogen (secondary N) is 2. The first-order chi connectivity index (χ1) is 19.3. The van der Waals surface area contributed by atoms with Gasteiger partial charge in [0.25, 0.3) is 0 Å². The van der Waals surface area contributed by atoms with Crippen molar-refractivity contribution in [2.24, 2.45) is 0 Å². The van der Waals surface area contributed by atoms with Gasteiger partial charge in [-0.15, -0.1) is 0 Å². The quantitative estimate of drug-likeness (QED) is 0.271. The van der Waals surface area contributed by atoms with Gasteiger partial charge in [0.1, 0.15) is 35.4 Å². The highest BCUT2D eigenvalue weighted by Gasteiger charge is 2.30. The van der Waals surface area contributed by atoms with Gasteiger partial charge in [0.15, 0.2) is 9.84 Å². The number of benzene rings is 2. The minimum Gasteiger partial charge on any atom is -0.489 e. The number of anilines is 2. The number of hydrogen-bond acceptors (Lipinski definition) is 7. The lowest BCUT2D eigenvalue weighted by Gasteiger charge is -2.24.